The Morgan fingerprint density at radius 2 is 2.17 bits per heavy atom. The Hall–Kier alpha value is -0.573. The van der Waals surface area contributed by atoms with Crippen molar-refractivity contribution in [1.29, 1.82) is 0 Å². The van der Waals surface area contributed by atoms with Gasteiger partial charge in [0, 0.05) is 25.2 Å². The average Bonchev–Trinajstić information content (AvgIpc) is 2.06. The molecule has 1 aliphatic rings. The van der Waals surface area contributed by atoms with Crippen molar-refractivity contribution in [2.24, 2.45) is 0 Å². The Kier molecular flexibility index (Phi) is 4.08. The van der Waals surface area contributed by atoms with Gasteiger partial charge < -0.3 is 4.57 Å². The minimum absolute atomic E-state index is 0.822. The van der Waals surface area contributed by atoms with Gasteiger partial charge in [-0.15, -0.1) is 0 Å². The summed E-state index contributed by atoms with van der Waals surface area (Å²) in [5.74, 6) is 0. The van der Waals surface area contributed by atoms with Gasteiger partial charge in [-0.3, -0.25) is 4.24 Å². The van der Waals surface area contributed by atoms with Gasteiger partial charge in [0.05, 0.1) is 0 Å². The third-order valence-electron chi connectivity index (χ3n) is 1.72. The van der Waals surface area contributed by atoms with Gasteiger partial charge >= 0.3 is 9.84 Å². The van der Waals surface area contributed by atoms with Crippen molar-refractivity contribution in [1.82, 2.24) is 4.57 Å². The molecule has 66 valence electrons. The third kappa shape index (κ3) is 2.81. The maximum Gasteiger partial charge on any atom is 0.643 e. The maximum atomic E-state index is 2.38. The summed E-state index contributed by atoms with van der Waals surface area (Å²) in [5, 5.41) is 0. The molecule has 2 nitrogen and oxygen atoms in total. The van der Waals surface area contributed by atoms with Gasteiger partial charge in [-0.25, -0.2) is 0 Å². The van der Waals surface area contributed by atoms with E-state index in [0.717, 1.165) is 9.84 Å². The van der Waals surface area contributed by atoms with Crippen LogP contribution in [0.2, 0.25) is 0 Å². The molecule has 1 heterocycles. The molecule has 2 radical (unpaired) electrons. The molecule has 0 aromatic heterocycles. The fraction of sp³-hybridized carbons (Fsp3) is 0.667. The zero-order chi connectivity index (χ0) is 8.81. The second kappa shape index (κ2) is 5.14. The van der Waals surface area contributed by atoms with E-state index in [0.29, 0.717) is 0 Å². The van der Waals surface area contributed by atoms with Crippen molar-refractivity contribution in [3.8, 4) is 0 Å². The first-order valence-corrected chi connectivity index (χ1v) is 5.57. The van der Waals surface area contributed by atoms with Gasteiger partial charge in [-0.2, -0.15) is 0 Å². The largest absolute Gasteiger partial charge is 0.643 e. The second-order valence-corrected chi connectivity index (χ2v) is 4.33. The summed E-state index contributed by atoms with van der Waals surface area (Å²) < 4.78 is 4.77. The molecule has 0 unspecified atom stereocenters. The summed E-state index contributed by atoms with van der Waals surface area (Å²) in [7, 11) is 0.822. The first-order chi connectivity index (χ1) is 5.86. The molecular weight excluding hydrogens is 164 g/mol. The molecule has 0 spiro atoms. The van der Waals surface area contributed by atoms with E-state index >= 15 is 0 Å². The summed E-state index contributed by atoms with van der Waals surface area (Å²) in [5.41, 5.74) is 0. The van der Waals surface area contributed by atoms with Gasteiger partial charge in [0.1, 0.15) is 12.8 Å². The summed E-state index contributed by atoms with van der Waals surface area (Å²) in [6.45, 7) is 6.81. The highest BCUT2D eigenvalue weighted by Crippen LogP contribution is 1.95. The van der Waals surface area contributed by atoms with Crippen molar-refractivity contribution in [3.05, 3.63) is 12.3 Å². The molecule has 0 aromatic carbocycles. The summed E-state index contributed by atoms with van der Waals surface area (Å²) in [6.07, 6.45) is 8.98. The lowest BCUT2D eigenvalue weighted by Crippen LogP contribution is -2.36. The molecule has 0 fully saturated rings. The molecule has 0 bridgehead atoms. The van der Waals surface area contributed by atoms with Crippen LogP contribution < -0.4 is 0 Å². The van der Waals surface area contributed by atoms with Crippen LogP contribution in [0.5, 0.6) is 0 Å². The molecule has 0 aromatic rings. The zero-order valence-corrected chi connectivity index (χ0v) is 8.95. The number of allylic oxidation sites excluding steroid dienone is 1. The lowest BCUT2D eigenvalue weighted by atomic mass is 10.5. The standard InChI is InChI=1S/C9H17N2Si/c1-3-6-10-8-5-9-11(12-10)7-4-2/h5,8-9H,3-4,6-7H2,1-2H3/q+1. The van der Waals surface area contributed by atoms with Crippen LogP contribution >= 0.6 is 0 Å². The van der Waals surface area contributed by atoms with Gasteiger partial charge in [0.15, 0.2) is 0 Å². The summed E-state index contributed by atoms with van der Waals surface area (Å²) >= 11 is 0. The summed E-state index contributed by atoms with van der Waals surface area (Å²) in [6, 6.07) is 0. The molecule has 0 saturated heterocycles. The van der Waals surface area contributed by atoms with Gasteiger partial charge in [-0.05, 0) is 6.42 Å². The molecule has 0 N–H and O–H groups in total. The van der Waals surface area contributed by atoms with Crippen molar-refractivity contribution < 1.29 is 4.24 Å². The highest BCUT2D eigenvalue weighted by atomic mass is 28.2. The number of nitrogens with zero attached hydrogens (tertiary/aromatic N) is 2. The van der Waals surface area contributed by atoms with E-state index < -0.39 is 0 Å². The lowest BCUT2D eigenvalue weighted by Gasteiger charge is -2.16. The van der Waals surface area contributed by atoms with Crippen LogP contribution in [0.15, 0.2) is 12.3 Å². The van der Waals surface area contributed by atoms with E-state index in [4.69, 9.17) is 0 Å². The van der Waals surface area contributed by atoms with Gasteiger partial charge in [0.2, 0.25) is 0 Å². The number of hydrogen-bond donors (Lipinski definition) is 0. The van der Waals surface area contributed by atoms with Crippen molar-refractivity contribution in [3.63, 3.8) is 0 Å². The first kappa shape index (κ1) is 9.51. The molecular formula is C9H17N2Si+. The Morgan fingerprint density at radius 1 is 1.33 bits per heavy atom. The van der Waals surface area contributed by atoms with Crippen LogP contribution in [-0.2, 0) is 0 Å². The van der Waals surface area contributed by atoms with E-state index in [1.807, 2.05) is 0 Å². The average molecular weight is 181 g/mol. The fourth-order valence-corrected chi connectivity index (χ4v) is 2.49. The Labute approximate surface area is 77.6 Å². The highest BCUT2D eigenvalue weighted by Gasteiger charge is 2.17. The maximum absolute atomic E-state index is 2.38. The summed E-state index contributed by atoms with van der Waals surface area (Å²) in [4.78, 5) is 0. The van der Waals surface area contributed by atoms with Crippen molar-refractivity contribution in [2.45, 2.75) is 26.7 Å². The van der Waals surface area contributed by atoms with E-state index in [-0.39, 0.29) is 0 Å². The van der Waals surface area contributed by atoms with Crippen LogP contribution in [0.25, 0.3) is 0 Å². The molecule has 0 saturated carbocycles. The van der Waals surface area contributed by atoms with Crippen LogP contribution in [0.1, 0.15) is 26.7 Å². The predicted octanol–water partition coefficient (Wildman–Crippen LogP) is 1.25. The molecule has 0 aliphatic carbocycles. The Bertz CT molecular complexity index is 187. The molecule has 12 heavy (non-hydrogen) atoms. The van der Waals surface area contributed by atoms with Crippen molar-refractivity contribution in [2.75, 3.05) is 13.1 Å². The number of rotatable bonds is 4. The normalized spacial score (nSPS) is 16.5. The third-order valence-corrected chi connectivity index (χ3v) is 2.98. The zero-order valence-electron chi connectivity index (χ0n) is 7.95. The van der Waals surface area contributed by atoms with E-state index in [2.05, 4.69) is 41.1 Å². The minimum atomic E-state index is 0.822. The smallest absolute Gasteiger partial charge is 0.343 e. The van der Waals surface area contributed by atoms with E-state index in [1.165, 1.54) is 25.9 Å². The number of hydrogen-bond acceptors (Lipinski definition) is 1. The monoisotopic (exact) mass is 181 g/mol. The van der Waals surface area contributed by atoms with E-state index in [9.17, 15) is 0 Å². The SMILES string of the molecule is CCCN1C=CC=[N+](CCC)[Si]1. The van der Waals surface area contributed by atoms with Crippen LogP contribution in [0, 0.1) is 0 Å². The minimum Gasteiger partial charge on any atom is -0.343 e. The van der Waals surface area contributed by atoms with Crippen LogP contribution in [0.4, 0.5) is 0 Å². The fourth-order valence-electron chi connectivity index (χ4n) is 1.21. The predicted molar refractivity (Wildman–Crippen MR) is 53.4 cm³/mol. The Balaban J connectivity index is 2.38. The molecule has 3 heteroatoms. The molecule has 0 amide bonds. The van der Waals surface area contributed by atoms with Crippen LogP contribution in [-0.4, -0.2) is 38.0 Å². The van der Waals surface area contributed by atoms with E-state index in [1.54, 1.807) is 0 Å². The van der Waals surface area contributed by atoms with Crippen molar-refractivity contribution >= 4 is 16.1 Å². The lowest BCUT2D eigenvalue weighted by molar-refractivity contribution is -0.384. The first-order valence-electron chi connectivity index (χ1n) is 4.68. The topological polar surface area (TPSA) is 6.25 Å². The van der Waals surface area contributed by atoms with Gasteiger partial charge in [-0.1, -0.05) is 13.8 Å². The second-order valence-electron chi connectivity index (χ2n) is 2.98. The highest BCUT2D eigenvalue weighted by molar-refractivity contribution is 6.24. The Morgan fingerprint density at radius 3 is 2.83 bits per heavy atom. The van der Waals surface area contributed by atoms with Crippen LogP contribution in [0.3, 0.4) is 0 Å². The molecule has 1 aliphatic heterocycles. The molecule has 1 rings (SSSR count). The van der Waals surface area contributed by atoms with Gasteiger partial charge in [0.25, 0.3) is 0 Å². The molecule has 0 atom stereocenters. The quantitative estimate of drug-likeness (QED) is 0.592.